The number of aromatic nitrogens is 2. The van der Waals surface area contributed by atoms with Crippen LogP contribution in [0.2, 0.25) is 10.0 Å². The lowest BCUT2D eigenvalue weighted by atomic mass is 9.95. The largest absolute Gasteiger partial charge is 0.342 e. The van der Waals surface area contributed by atoms with Crippen molar-refractivity contribution in [3.05, 3.63) is 57.8 Å². The van der Waals surface area contributed by atoms with Gasteiger partial charge in [0.2, 0.25) is 10.0 Å². The molecular weight excluding hydrogens is 471 g/mol. The second kappa shape index (κ2) is 8.33. The van der Waals surface area contributed by atoms with E-state index >= 15 is 0 Å². The van der Waals surface area contributed by atoms with E-state index in [9.17, 15) is 13.2 Å². The molecule has 3 aromatic rings. The Morgan fingerprint density at radius 2 is 1.78 bits per heavy atom. The summed E-state index contributed by atoms with van der Waals surface area (Å²) in [5.74, 6) is 0.866. The van der Waals surface area contributed by atoms with E-state index in [0.29, 0.717) is 13.1 Å². The predicted octanol–water partition coefficient (Wildman–Crippen LogP) is 4.33. The molecule has 2 N–H and O–H groups in total. The van der Waals surface area contributed by atoms with Crippen LogP contribution in [0.3, 0.4) is 0 Å². The van der Waals surface area contributed by atoms with Crippen molar-refractivity contribution >= 4 is 50.2 Å². The molecule has 0 spiro atoms. The molecule has 168 valence electrons. The number of fused-ring (bicyclic) bond motifs is 1. The van der Waals surface area contributed by atoms with Gasteiger partial charge < -0.3 is 9.88 Å². The van der Waals surface area contributed by atoms with E-state index in [1.807, 2.05) is 24.3 Å². The van der Waals surface area contributed by atoms with Gasteiger partial charge in [-0.2, -0.15) is 0 Å². The number of aromatic amines is 1. The van der Waals surface area contributed by atoms with Crippen molar-refractivity contribution in [3.63, 3.8) is 0 Å². The molecule has 1 saturated heterocycles. The van der Waals surface area contributed by atoms with Crippen LogP contribution in [0.15, 0.2) is 41.3 Å². The Kier molecular flexibility index (Phi) is 5.65. The minimum Gasteiger partial charge on any atom is -0.342 e. The van der Waals surface area contributed by atoms with Gasteiger partial charge in [-0.15, -0.1) is 0 Å². The Morgan fingerprint density at radius 3 is 2.47 bits per heavy atom. The molecule has 2 fully saturated rings. The van der Waals surface area contributed by atoms with Crippen molar-refractivity contribution in [1.82, 2.24) is 19.6 Å². The highest BCUT2D eigenvalue weighted by Crippen LogP contribution is 2.33. The van der Waals surface area contributed by atoms with Gasteiger partial charge in [0, 0.05) is 25.0 Å². The molecule has 0 atom stereocenters. The quantitative estimate of drug-likeness (QED) is 0.553. The summed E-state index contributed by atoms with van der Waals surface area (Å²) in [4.78, 5) is 22.8. The number of nitrogens with one attached hydrogen (secondary N) is 2. The van der Waals surface area contributed by atoms with Gasteiger partial charge in [-0.1, -0.05) is 35.3 Å². The summed E-state index contributed by atoms with van der Waals surface area (Å²) in [6.07, 6.45) is 3.11. The Morgan fingerprint density at radius 1 is 1.06 bits per heavy atom. The summed E-state index contributed by atoms with van der Waals surface area (Å²) in [5, 5.41) is 0.146. The minimum absolute atomic E-state index is 0.00305. The first-order chi connectivity index (χ1) is 15.3. The van der Waals surface area contributed by atoms with Crippen LogP contribution >= 0.6 is 23.2 Å². The number of H-pyrrole nitrogens is 1. The Balaban J connectivity index is 1.33. The molecule has 2 aromatic carbocycles. The molecular formula is C22H22Cl2N4O3S. The van der Waals surface area contributed by atoms with E-state index in [-0.39, 0.29) is 38.4 Å². The molecule has 0 bridgehead atoms. The van der Waals surface area contributed by atoms with Crippen molar-refractivity contribution in [2.24, 2.45) is 0 Å². The smallest absolute Gasteiger partial charge is 0.255 e. The normalized spacial score (nSPS) is 17.8. The molecule has 1 amide bonds. The molecule has 1 aliphatic carbocycles. The average Bonchev–Trinajstić information content (AvgIpc) is 3.46. The van der Waals surface area contributed by atoms with Crippen LogP contribution in [0.4, 0.5) is 0 Å². The number of likely N-dealkylation sites (tertiary alicyclic amines) is 1. The van der Waals surface area contributed by atoms with Crippen molar-refractivity contribution in [2.75, 3.05) is 13.1 Å². The van der Waals surface area contributed by atoms with Gasteiger partial charge in [0.1, 0.15) is 10.7 Å². The van der Waals surface area contributed by atoms with Gasteiger partial charge in [-0.3, -0.25) is 4.79 Å². The fourth-order valence-corrected chi connectivity index (χ4v) is 6.23. The number of sulfonamides is 1. The molecule has 1 aliphatic heterocycles. The van der Waals surface area contributed by atoms with Crippen LogP contribution in [0, 0.1) is 0 Å². The molecule has 0 unspecified atom stereocenters. The van der Waals surface area contributed by atoms with E-state index in [1.54, 1.807) is 4.90 Å². The molecule has 1 saturated carbocycles. The lowest BCUT2D eigenvalue weighted by molar-refractivity contribution is 0.0711. The number of imidazole rings is 1. The summed E-state index contributed by atoms with van der Waals surface area (Å²) < 4.78 is 27.9. The summed E-state index contributed by atoms with van der Waals surface area (Å²) in [6.45, 7) is 1.06. The van der Waals surface area contributed by atoms with Crippen LogP contribution < -0.4 is 4.72 Å². The molecule has 10 heteroatoms. The van der Waals surface area contributed by atoms with Gasteiger partial charge in [0.25, 0.3) is 5.91 Å². The highest BCUT2D eigenvalue weighted by molar-refractivity contribution is 7.89. The Bertz CT molecular complexity index is 1260. The molecule has 0 radical (unpaired) electrons. The monoisotopic (exact) mass is 492 g/mol. The minimum atomic E-state index is -3.81. The van der Waals surface area contributed by atoms with Gasteiger partial charge in [0.05, 0.1) is 26.6 Å². The zero-order valence-corrected chi connectivity index (χ0v) is 19.5. The fraction of sp³-hybridized carbons (Fsp3) is 0.364. The third-order valence-electron chi connectivity index (χ3n) is 6.02. The fourth-order valence-electron chi connectivity index (χ4n) is 4.08. The van der Waals surface area contributed by atoms with Crippen LogP contribution in [-0.4, -0.2) is 48.3 Å². The lowest BCUT2D eigenvalue weighted by Crippen LogP contribution is -2.38. The molecule has 1 aromatic heterocycles. The van der Waals surface area contributed by atoms with Crippen LogP contribution in [-0.2, 0) is 10.0 Å². The third-order valence-corrected chi connectivity index (χ3v) is 8.32. The number of rotatable bonds is 5. The Hall–Kier alpha value is -2.13. The highest BCUT2D eigenvalue weighted by atomic mass is 35.5. The van der Waals surface area contributed by atoms with E-state index in [0.717, 1.165) is 42.5 Å². The van der Waals surface area contributed by atoms with E-state index in [1.165, 1.54) is 12.1 Å². The number of para-hydroxylation sites is 2. The average molecular weight is 493 g/mol. The van der Waals surface area contributed by atoms with Crippen LogP contribution in [0.1, 0.15) is 47.8 Å². The summed E-state index contributed by atoms with van der Waals surface area (Å²) in [7, 11) is -3.81. The SMILES string of the molecule is O=C(c1cc(S(=O)(=O)NC2CC2)c(Cl)cc1Cl)N1CCC(c2nc3ccccc3[nH]2)CC1. The maximum Gasteiger partial charge on any atom is 0.255 e. The molecule has 5 rings (SSSR count). The van der Waals surface area contributed by atoms with Crippen molar-refractivity contribution in [2.45, 2.75) is 42.5 Å². The van der Waals surface area contributed by atoms with Crippen LogP contribution in [0.25, 0.3) is 11.0 Å². The third kappa shape index (κ3) is 4.24. The first-order valence-corrected chi connectivity index (χ1v) is 12.8. The van der Waals surface area contributed by atoms with E-state index in [2.05, 4.69) is 14.7 Å². The van der Waals surface area contributed by atoms with Gasteiger partial charge in [-0.25, -0.2) is 18.1 Å². The number of carbonyl (C=O) groups is 1. The van der Waals surface area contributed by atoms with Gasteiger partial charge >= 0.3 is 0 Å². The zero-order valence-electron chi connectivity index (χ0n) is 17.1. The standard InChI is InChI=1S/C22H22Cl2N4O3S/c23-16-12-17(24)20(32(30,31)27-14-5-6-14)11-15(16)22(29)28-9-7-13(8-10-28)21-25-18-3-1-2-4-19(18)26-21/h1-4,11-14,27H,5-10H2,(H,25,26). The number of carbonyl (C=O) groups excluding carboxylic acids is 1. The summed E-state index contributed by atoms with van der Waals surface area (Å²) in [6, 6.07) is 10.5. The van der Waals surface area contributed by atoms with Crippen molar-refractivity contribution in [1.29, 1.82) is 0 Å². The maximum atomic E-state index is 13.2. The second-order valence-electron chi connectivity index (χ2n) is 8.36. The number of hydrogen-bond acceptors (Lipinski definition) is 4. The van der Waals surface area contributed by atoms with Gasteiger partial charge in [0.15, 0.2) is 0 Å². The van der Waals surface area contributed by atoms with E-state index in [4.69, 9.17) is 23.2 Å². The topological polar surface area (TPSA) is 95.2 Å². The first kappa shape index (κ1) is 21.7. The Labute approximate surface area is 196 Å². The van der Waals surface area contributed by atoms with Gasteiger partial charge in [-0.05, 0) is 49.9 Å². The van der Waals surface area contributed by atoms with Crippen molar-refractivity contribution < 1.29 is 13.2 Å². The zero-order chi connectivity index (χ0) is 22.5. The summed E-state index contributed by atoms with van der Waals surface area (Å²) >= 11 is 12.5. The maximum absolute atomic E-state index is 13.2. The number of hydrogen-bond donors (Lipinski definition) is 2. The molecule has 2 heterocycles. The number of nitrogens with zero attached hydrogens (tertiary/aromatic N) is 2. The highest BCUT2D eigenvalue weighted by Gasteiger charge is 2.32. The lowest BCUT2D eigenvalue weighted by Gasteiger charge is -2.31. The second-order valence-corrected chi connectivity index (χ2v) is 10.9. The number of benzene rings is 2. The van der Waals surface area contributed by atoms with E-state index < -0.39 is 10.0 Å². The number of amides is 1. The first-order valence-electron chi connectivity index (χ1n) is 10.6. The molecule has 32 heavy (non-hydrogen) atoms. The summed E-state index contributed by atoms with van der Waals surface area (Å²) in [5.41, 5.74) is 2.08. The van der Waals surface area contributed by atoms with Crippen LogP contribution in [0.5, 0.6) is 0 Å². The number of piperidine rings is 1. The number of halogens is 2. The van der Waals surface area contributed by atoms with Crippen molar-refractivity contribution in [3.8, 4) is 0 Å². The molecule has 2 aliphatic rings. The molecule has 7 nitrogen and oxygen atoms in total. The predicted molar refractivity (Wildman–Crippen MR) is 124 cm³/mol.